The molecule has 0 saturated carbocycles. The van der Waals surface area contributed by atoms with Gasteiger partial charge >= 0.3 is 5.97 Å². The number of carbonyl (C=O) groups is 2. The van der Waals surface area contributed by atoms with Gasteiger partial charge in [0.2, 0.25) is 0 Å². The third-order valence-corrected chi connectivity index (χ3v) is 2.76. The van der Waals surface area contributed by atoms with Crippen molar-refractivity contribution < 1.29 is 19.4 Å². The first-order valence-electron chi connectivity index (χ1n) is 6.02. The van der Waals surface area contributed by atoms with Crippen LogP contribution in [0, 0.1) is 17.2 Å². The molecular weight excluding hydrogens is 260 g/mol. The lowest BCUT2D eigenvalue weighted by molar-refractivity contribution is -0.140. The highest BCUT2D eigenvalue weighted by Crippen LogP contribution is 2.21. The van der Waals surface area contributed by atoms with E-state index in [1.807, 2.05) is 6.07 Å². The highest BCUT2D eigenvalue weighted by atomic mass is 16.5. The van der Waals surface area contributed by atoms with Crippen LogP contribution >= 0.6 is 0 Å². The van der Waals surface area contributed by atoms with E-state index in [1.165, 1.54) is 18.9 Å². The van der Waals surface area contributed by atoms with Crippen LogP contribution in [0.2, 0.25) is 0 Å². The van der Waals surface area contributed by atoms with E-state index in [0.29, 0.717) is 11.3 Å². The standard InChI is InChI=1S/C14H16N2O4/c1-10(14(18)19)8-16(13(17)9-20-2)12-6-4-3-5-11(12)7-15/h3-6,10H,8-9H2,1-2H3,(H,18,19). The fourth-order valence-electron chi connectivity index (χ4n) is 1.69. The summed E-state index contributed by atoms with van der Waals surface area (Å²) in [5.41, 5.74) is 0.708. The third kappa shape index (κ3) is 3.80. The zero-order valence-corrected chi connectivity index (χ0v) is 11.4. The van der Waals surface area contributed by atoms with E-state index in [4.69, 9.17) is 15.1 Å². The molecule has 0 fully saturated rings. The lowest BCUT2D eigenvalue weighted by Crippen LogP contribution is -2.39. The summed E-state index contributed by atoms with van der Waals surface area (Å²) in [6.07, 6.45) is 0. The van der Waals surface area contributed by atoms with Gasteiger partial charge in [-0.3, -0.25) is 9.59 Å². The molecule has 0 bridgehead atoms. The molecule has 0 aliphatic rings. The Kier molecular flexibility index (Phi) is 5.69. The molecule has 1 unspecified atom stereocenters. The van der Waals surface area contributed by atoms with Crippen LogP contribution in [0.5, 0.6) is 0 Å². The molecule has 0 aliphatic carbocycles. The normalized spacial score (nSPS) is 11.4. The fraction of sp³-hybridized carbons (Fsp3) is 0.357. The van der Waals surface area contributed by atoms with E-state index < -0.39 is 11.9 Å². The summed E-state index contributed by atoms with van der Waals surface area (Å²) in [4.78, 5) is 24.3. The topological polar surface area (TPSA) is 90.6 Å². The number of amides is 1. The van der Waals surface area contributed by atoms with Crippen molar-refractivity contribution in [3.05, 3.63) is 29.8 Å². The maximum absolute atomic E-state index is 12.1. The summed E-state index contributed by atoms with van der Waals surface area (Å²) < 4.78 is 4.80. The minimum Gasteiger partial charge on any atom is -0.481 e. The lowest BCUT2D eigenvalue weighted by Gasteiger charge is -2.25. The number of hydrogen-bond donors (Lipinski definition) is 1. The zero-order chi connectivity index (χ0) is 15.1. The zero-order valence-electron chi connectivity index (χ0n) is 11.4. The van der Waals surface area contributed by atoms with Crippen molar-refractivity contribution in [1.82, 2.24) is 0 Å². The number of nitriles is 1. The maximum atomic E-state index is 12.1. The summed E-state index contributed by atoms with van der Waals surface area (Å²) >= 11 is 0. The quantitative estimate of drug-likeness (QED) is 0.844. The predicted octanol–water partition coefficient (Wildman–Crippen LogP) is 1.26. The molecule has 6 nitrogen and oxygen atoms in total. The number of anilines is 1. The lowest BCUT2D eigenvalue weighted by atomic mass is 10.1. The molecule has 1 atom stereocenters. The number of para-hydroxylation sites is 1. The van der Waals surface area contributed by atoms with Gasteiger partial charge in [-0.25, -0.2) is 0 Å². The monoisotopic (exact) mass is 276 g/mol. The molecule has 1 aromatic carbocycles. The highest BCUT2D eigenvalue weighted by molar-refractivity contribution is 5.96. The largest absolute Gasteiger partial charge is 0.481 e. The van der Waals surface area contributed by atoms with Crippen LogP contribution < -0.4 is 4.90 Å². The van der Waals surface area contributed by atoms with Crippen molar-refractivity contribution in [2.45, 2.75) is 6.92 Å². The number of nitrogens with zero attached hydrogens (tertiary/aromatic N) is 2. The van der Waals surface area contributed by atoms with Gasteiger partial charge in [0.05, 0.1) is 17.2 Å². The Bertz CT molecular complexity index is 536. The summed E-state index contributed by atoms with van der Waals surface area (Å²) in [5, 5.41) is 18.1. The average Bonchev–Trinajstić information content (AvgIpc) is 2.44. The number of carbonyl (C=O) groups excluding carboxylic acids is 1. The molecule has 1 aromatic rings. The first-order chi connectivity index (χ1) is 9.51. The Morgan fingerprint density at radius 3 is 2.65 bits per heavy atom. The highest BCUT2D eigenvalue weighted by Gasteiger charge is 2.23. The van der Waals surface area contributed by atoms with Crippen LogP contribution in [-0.2, 0) is 14.3 Å². The van der Waals surface area contributed by atoms with Gasteiger partial charge in [-0.1, -0.05) is 19.1 Å². The minimum atomic E-state index is -1.00. The maximum Gasteiger partial charge on any atom is 0.308 e. The van der Waals surface area contributed by atoms with Crippen molar-refractivity contribution in [2.24, 2.45) is 5.92 Å². The average molecular weight is 276 g/mol. The van der Waals surface area contributed by atoms with Crippen molar-refractivity contribution in [3.8, 4) is 6.07 Å². The second-order valence-corrected chi connectivity index (χ2v) is 4.31. The smallest absolute Gasteiger partial charge is 0.308 e. The number of ether oxygens (including phenoxy) is 1. The van der Waals surface area contributed by atoms with Gasteiger partial charge in [-0.2, -0.15) is 5.26 Å². The molecule has 0 aliphatic heterocycles. The van der Waals surface area contributed by atoms with Gasteiger partial charge in [0, 0.05) is 13.7 Å². The van der Waals surface area contributed by atoms with Gasteiger partial charge in [0.15, 0.2) is 0 Å². The number of carboxylic acids is 1. The first kappa shape index (κ1) is 15.7. The molecule has 1 N–H and O–H groups in total. The Labute approximate surface area is 117 Å². The number of methoxy groups -OCH3 is 1. The summed E-state index contributed by atoms with van der Waals surface area (Å²) in [6, 6.07) is 8.55. The Hall–Kier alpha value is -2.39. The van der Waals surface area contributed by atoms with Crippen molar-refractivity contribution >= 4 is 17.6 Å². The molecule has 0 radical (unpaired) electrons. The van der Waals surface area contributed by atoms with E-state index in [9.17, 15) is 9.59 Å². The van der Waals surface area contributed by atoms with E-state index >= 15 is 0 Å². The van der Waals surface area contributed by atoms with Crippen molar-refractivity contribution in [3.63, 3.8) is 0 Å². The number of rotatable bonds is 6. The molecule has 6 heteroatoms. The van der Waals surface area contributed by atoms with Gasteiger partial charge in [0.25, 0.3) is 5.91 Å². The van der Waals surface area contributed by atoms with E-state index in [-0.39, 0.29) is 19.1 Å². The molecule has 0 aromatic heterocycles. The van der Waals surface area contributed by atoms with Gasteiger partial charge in [-0.15, -0.1) is 0 Å². The summed E-state index contributed by atoms with van der Waals surface area (Å²) in [7, 11) is 1.38. The van der Waals surface area contributed by atoms with Crippen LogP contribution in [0.1, 0.15) is 12.5 Å². The van der Waals surface area contributed by atoms with E-state index in [0.717, 1.165) is 0 Å². The number of benzene rings is 1. The Morgan fingerprint density at radius 1 is 1.45 bits per heavy atom. The summed E-state index contributed by atoms with van der Waals surface area (Å²) in [6.45, 7) is 1.31. The molecule has 20 heavy (non-hydrogen) atoms. The van der Waals surface area contributed by atoms with Crippen LogP contribution in [0.3, 0.4) is 0 Å². The number of carboxylic acid groups (broad SMARTS) is 1. The molecule has 1 rings (SSSR count). The Morgan fingerprint density at radius 2 is 2.10 bits per heavy atom. The van der Waals surface area contributed by atoms with Gasteiger partial charge in [0.1, 0.15) is 12.7 Å². The Balaban J connectivity index is 3.13. The van der Waals surface area contributed by atoms with Crippen LogP contribution in [0.4, 0.5) is 5.69 Å². The van der Waals surface area contributed by atoms with Crippen LogP contribution in [0.15, 0.2) is 24.3 Å². The predicted molar refractivity (Wildman–Crippen MR) is 72.2 cm³/mol. The van der Waals surface area contributed by atoms with Gasteiger partial charge in [-0.05, 0) is 12.1 Å². The molecular formula is C14H16N2O4. The van der Waals surface area contributed by atoms with E-state index in [1.54, 1.807) is 24.3 Å². The van der Waals surface area contributed by atoms with Crippen molar-refractivity contribution in [1.29, 1.82) is 5.26 Å². The SMILES string of the molecule is COCC(=O)N(CC(C)C(=O)O)c1ccccc1C#N. The molecule has 106 valence electrons. The summed E-state index contributed by atoms with van der Waals surface area (Å²) in [5.74, 6) is -2.14. The molecule has 0 heterocycles. The number of hydrogen-bond acceptors (Lipinski definition) is 4. The van der Waals surface area contributed by atoms with Crippen molar-refractivity contribution in [2.75, 3.05) is 25.2 Å². The van der Waals surface area contributed by atoms with Crippen LogP contribution in [0.25, 0.3) is 0 Å². The second kappa shape index (κ2) is 7.26. The molecule has 1 amide bonds. The second-order valence-electron chi connectivity index (χ2n) is 4.31. The molecule has 0 saturated heterocycles. The first-order valence-corrected chi connectivity index (χ1v) is 6.02. The molecule has 0 spiro atoms. The third-order valence-electron chi connectivity index (χ3n) is 2.76. The van der Waals surface area contributed by atoms with E-state index in [2.05, 4.69) is 0 Å². The van der Waals surface area contributed by atoms with Gasteiger partial charge < -0.3 is 14.7 Å². The minimum absolute atomic E-state index is 0.0176. The fourth-order valence-corrected chi connectivity index (χ4v) is 1.69. The number of aliphatic carboxylic acids is 1. The van der Waals surface area contributed by atoms with Crippen LogP contribution in [-0.4, -0.2) is 37.2 Å².